The summed E-state index contributed by atoms with van der Waals surface area (Å²) in [5.41, 5.74) is 3.72. The van der Waals surface area contributed by atoms with Gasteiger partial charge >= 0.3 is 0 Å². The van der Waals surface area contributed by atoms with Crippen molar-refractivity contribution in [3.05, 3.63) is 76.1 Å². The van der Waals surface area contributed by atoms with E-state index in [0.29, 0.717) is 18.2 Å². The van der Waals surface area contributed by atoms with E-state index >= 15 is 0 Å². The Morgan fingerprint density at radius 2 is 1.93 bits per heavy atom. The zero-order chi connectivity index (χ0) is 20.4. The fourth-order valence-electron chi connectivity index (χ4n) is 2.90. The highest BCUT2D eigenvalue weighted by atomic mass is 16.5. The van der Waals surface area contributed by atoms with Gasteiger partial charge in [0.25, 0.3) is 5.89 Å². The van der Waals surface area contributed by atoms with E-state index in [1.165, 1.54) is 11.6 Å². The minimum absolute atomic E-state index is 0.0741. The summed E-state index contributed by atoms with van der Waals surface area (Å²) >= 11 is 0. The van der Waals surface area contributed by atoms with Crippen molar-refractivity contribution in [1.29, 1.82) is 0 Å². The molecule has 2 heterocycles. The molecule has 146 valence electrons. The monoisotopic (exact) mass is 388 g/mol. The summed E-state index contributed by atoms with van der Waals surface area (Å²) in [5, 5.41) is 8.42. The van der Waals surface area contributed by atoms with Gasteiger partial charge < -0.3 is 9.26 Å². The van der Waals surface area contributed by atoms with Crippen LogP contribution < -0.4 is 10.2 Å². The van der Waals surface area contributed by atoms with Crippen molar-refractivity contribution in [1.82, 2.24) is 19.9 Å². The molecule has 2 aromatic carbocycles. The van der Waals surface area contributed by atoms with Crippen molar-refractivity contribution < 1.29 is 9.26 Å². The van der Waals surface area contributed by atoms with E-state index in [1.807, 2.05) is 63.2 Å². The second-order valence-electron chi connectivity index (χ2n) is 6.63. The van der Waals surface area contributed by atoms with Crippen molar-refractivity contribution >= 4 is 0 Å². The first-order valence-electron chi connectivity index (χ1n) is 9.30. The molecule has 0 spiro atoms. The molecule has 0 aliphatic carbocycles. The molecular formula is C22H20N4O3. The van der Waals surface area contributed by atoms with Crippen LogP contribution in [0.1, 0.15) is 18.1 Å². The molecule has 0 saturated carbocycles. The largest absolute Gasteiger partial charge is 0.494 e. The van der Waals surface area contributed by atoms with Crippen LogP contribution in [0, 0.1) is 13.8 Å². The Morgan fingerprint density at radius 1 is 1.07 bits per heavy atom. The van der Waals surface area contributed by atoms with Gasteiger partial charge in [-0.1, -0.05) is 23.4 Å². The zero-order valence-electron chi connectivity index (χ0n) is 16.4. The number of rotatable bonds is 5. The molecule has 2 aromatic heterocycles. The minimum Gasteiger partial charge on any atom is -0.494 e. The number of nitrogens with zero attached hydrogens (tertiary/aromatic N) is 4. The number of hydrogen-bond donors (Lipinski definition) is 0. The summed E-state index contributed by atoms with van der Waals surface area (Å²) < 4.78 is 12.5. The Bertz CT molecular complexity index is 1230. The van der Waals surface area contributed by atoms with Gasteiger partial charge in [-0.3, -0.25) is 4.79 Å². The van der Waals surface area contributed by atoms with Crippen LogP contribution in [-0.2, 0) is 0 Å². The van der Waals surface area contributed by atoms with Gasteiger partial charge in [0.2, 0.25) is 11.3 Å². The number of ether oxygens (including phenoxy) is 1. The van der Waals surface area contributed by atoms with Crippen molar-refractivity contribution in [2.45, 2.75) is 20.8 Å². The number of aromatic nitrogens is 4. The first-order chi connectivity index (χ1) is 14.0. The van der Waals surface area contributed by atoms with Gasteiger partial charge in [-0.25, -0.2) is 4.68 Å². The fourth-order valence-corrected chi connectivity index (χ4v) is 2.90. The van der Waals surface area contributed by atoms with Crippen LogP contribution in [0.4, 0.5) is 0 Å². The highest BCUT2D eigenvalue weighted by molar-refractivity contribution is 5.59. The molecular weight excluding hydrogens is 368 g/mol. The van der Waals surface area contributed by atoms with E-state index in [2.05, 4.69) is 15.2 Å². The first-order valence-corrected chi connectivity index (χ1v) is 9.30. The van der Waals surface area contributed by atoms with Gasteiger partial charge in [-0.05, 0) is 56.2 Å². The molecule has 0 radical (unpaired) electrons. The SMILES string of the molecule is CCOc1cccc(-c2noc(-c3nn(-c4ccc(C)c(C)c4)ccc3=O)n2)c1. The van der Waals surface area contributed by atoms with Crippen LogP contribution in [0.15, 0.2) is 64.0 Å². The van der Waals surface area contributed by atoms with Gasteiger partial charge in [-0.2, -0.15) is 10.1 Å². The Morgan fingerprint density at radius 3 is 2.72 bits per heavy atom. The second kappa shape index (κ2) is 7.71. The standard InChI is InChI=1S/C22H20N4O3/c1-4-28-18-7-5-6-16(13-18)21-23-22(29-25-21)20-19(27)10-11-26(24-20)17-9-8-14(2)15(3)12-17/h5-13H,4H2,1-3H3. The number of benzene rings is 2. The van der Waals surface area contributed by atoms with Crippen molar-refractivity contribution in [2.75, 3.05) is 6.61 Å². The predicted octanol–water partition coefficient (Wildman–Crippen LogP) is 3.97. The van der Waals surface area contributed by atoms with E-state index in [9.17, 15) is 4.79 Å². The summed E-state index contributed by atoms with van der Waals surface area (Å²) in [4.78, 5) is 16.8. The highest BCUT2D eigenvalue weighted by Crippen LogP contribution is 2.23. The van der Waals surface area contributed by atoms with E-state index in [-0.39, 0.29) is 17.0 Å². The summed E-state index contributed by atoms with van der Waals surface area (Å²) in [5.74, 6) is 1.15. The van der Waals surface area contributed by atoms with E-state index in [0.717, 1.165) is 16.8 Å². The maximum absolute atomic E-state index is 12.4. The number of aryl methyl sites for hydroxylation is 2. The fraction of sp³-hybridized carbons (Fsp3) is 0.182. The smallest absolute Gasteiger partial charge is 0.282 e. The average Bonchev–Trinajstić information content (AvgIpc) is 3.21. The Balaban J connectivity index is 1.71. The Labute approximate surface area is 167 Å². The summed E-state index contributed by atoms with van der Waals surface area (Å²) in [7, 11) is 0. The number of hydrogen-bond acceptors (Lipinski definition) is 6. The summed E-state index contributed by atoms with van der Waals surface area (Å²) in [6, 6.07) is 14.8. The molecule has 0 N–H and O–H groups in total. The van der Waals surface area contributed by atoms with E-state index in [1.54, 1.807) is 10.9 Å². The van der Waals surface area contributed by atoms with Crippen LogP contribution in [0.2, 0.25) is 0 Å². The minimum atomic E-state index is -0.289. The Hall–Kier alpha value is -3.74. The molecule has 4 rings (SSSR count). The molecule has 0 bridgehead atoms. The molecule has 0 fully saturated rings. The van der Waals surface area contributed by atoms with Gasteiger partial charge in [0.1, 0.15) is 5.75 Å². The molecule has 4 aromatic rings. The second-order valence-corrected chi connectivity index (χ2v) is 6.63. The zero-order valence-corrected chi connectivity index (χ0v) is 16.4. The molecule has 0 unspecified atom stereocenters. The normalized spacial score (nSPS) is 10.9. The third-order valence-corrected chi connectivity index (χ3v) is 4.60. The Kier molecular flexibility index (Phi) is 4.95. The third kappa shape index (κ3) is 3.80. The van der Waals surface area contributed by atoms with Crippen LogP contribution in [0.3, 0.4) is 0 Å². The van der Waals surface area contributed by atoms with Crippen molar-refractivity contribution in [3.63, 3.8) is 0 Å². The molecule has 7 nitrogen and oxygen atoms in total. The summed E-state index contributed by atoms with van der Waals surface area (Å²) in [6.45, 7) is 6.56. The molecule has 0 atom stereocenters. The van der Waals surface area contributed by atoms with E-state index < -0.39 is 0 Å². The van der Waals surface area contributed by atoms with Crippen molar-refractivity contribution in [3.8, 4) is 34.4 Å². The third-order valence-electron chi connectivity index (χ3n) is 4.60. The molecule has 0 saturated heterocycles. The lowest BCUT2D eigenvalue weighted by Gasteiger charge is -2.08. The van der Waals surface area contributed by atoms with Crippen LogP contribution in [-0.4, -0.2) is 26.5 Å². The first kappa shape index (κ1) is 18.6. The van der Waals surface area contributed by atoms with Gasteiger partial charge in [-0.15, -0.1) is 0 Å². The van der Waals surface area contributed by atoms with Crippen LogP contribution in [0.5, 0.6) is 5.75 Å². The van der Waals surface area contributed by atoms with Gasteiger partial charge in [0.15, 0.2) is 5.69 Å². The topological polar surface area (TPSA) is 83.0 Å². The van der Waals surface area contributed by atoms with Gasteiger partial charge in [0, 0.05) is 17.8 Å². The molecule has 0 aliphatic heterocycles. The van der Waals surface area contributed by atoms with Crippen molar-refractivity contribution in [2.24, 2.45) is 0 Å². The van der Waals surface area contributed by atoms with Crippen LogP contribution in [0.25, 0.3) is 28.7 Å². The maximum Gasteiger partial charge on any atom is 0.282 e. The van der Waals surface area contributed by atoms with Gasteiger partial charge in [0.05, 0.1) is 12.3 Å². The quantitative estimate of drug-likeness (QED) is 0.514. The predicted molar refractivity (Wildman–Crippen MR) is 109 cm³/mol. The average molecular weight is 388 g/mol. The lowest BCUT2D eigenvalue weighted by molar-refractivity contribution is 0.340. The molecule has 0 aliphatic rings. The highest BCUT2D eigenvalue weighted by Gasteiger charge is 2.16. The molecule has 29 heavy (non-hydrogen) atoms. The van der Waals surface area contributed by atoms with Crippen LogP contribution >= 0.6 is 0 Å². The summed E-state index contributed by atoms with van der Waals surface area (Å²) in [6.07, 6.45) is 1.62. The molecule has 0 amide bonds. The lowest BCUT2D eigenvalue weighted by Crippen LogP contribution is -2.12. The maximum atomic E-state index is 12.4. The molecule has 7 heteroatoms. The van der Waals surface area contributed by atoms with E-state index in [4.69, 9.17) is 9.26 Å². The lowest BCUT2D eigenvalue weighted by atomic mass is 10.1.